The third kappa shape index (κ3) is 7.21. The van der Waals surface area contributed by atoms with Crippen LogP contribution in [-0.2, 0) is 4.74 Å². The number of ether oxygens (including phenoxy) is 1. The van der Waals surface area contributed by atoms with Crippen molar-refractivity contribution in [1.82, 2.24) is 4.90 Å². The van der Waals surface area contributed by atoms with Crippen LogP contribution in [0.4, 0.5) is 4.79 Å². The number of aliphatic hydroxyl groups is 1. The van der Waals surface area contributed by atoms with E-state index in [4.69, 9.17) is 4.74 Å². The molecule has 0 unspecified atom stereocenters. The van der Waals surface area contributed by atoms with E-state index in [1.165, 1.54) is 0 Å². The van der Waals surface area contributed by atoms with Crippen molar-refractivity contribution in [2.24, 2.45) is 0 Å². The van der Waals surface area contributed by atoms with Crippen LogP contribution in [0.15, 0.2) is 0 Å². The molecule has 4 nitrogen and oxygen atoms in total. The van der Waals surface area contributed by atoms with Crippen molar-refractivity contribution in [1.29, 1.82) is 0 Å². The Morgan fingerprint density at radius 1 is 1.29 bits per heavy atom. The summed E-state index contributed by atoms with van der Waals surface area (Å²) in [6, 6.07) is 0.0875. The molecule has 0 bridgehead atoms. The van der Waals surface area contributed by atoms with E-state index in [1.54, 1.807) is 11.8 Å². The monoisotopic (exact) mass is 245 g/mol. The molecule has 4 heteroatoms. The van der Waals surface area contributed by atoms with Crippen molar-refractivity contribution in [3.8, 4) is 0 Å². The molecule has 0 saturated carbocycles. The van der Waals surface area contributed by atoms with E-state index in [0.717, 1.165) is 6.42 Å². The number of rotatable bonds is 5. The van der Waals surface area contributed by atoms with Gasteiger partial charge in [0.05, 0.1) is 6.10 Å². The molecule has 0 rings (SSSR count). The van der Waals surface area contributed by atoms with Gasteiger partial charge in [-0.1, -0.05) is 0 Å². The molecule has 2 atom stereocenters. The fraction of sp³-hybridized carbons (Fsp3) is 0.923. The Balaban J connectivity index is 4.34. The first-order valence-corrected chi connectivity index (χ1v) is 6.35. The minimum atomic E-state index is -0.464. The Labute approximate surface area is 105 Å². The zero-order valence-corrected chi connectivity index (χ0v) is 12.0. The molecule has 0 aliphatic heterocycles. The molecule has 0 saturated heterocycles. The first-order chi connectivity index (χ1) is 7.67. The first-order valence-electron chi connectivity index (χ1n) is 6.35. The average molecular weight is 245 g/mol. The van der Waals surface area contributed by atoms with Crippen LogP contribution in [-0.4, -0.2) is 40.4 Å². The minimum Gasteiger partial charge on any atom is -0.444 e. The smallest absolute Gasteiger partial charge is 0.410 e. The summed E-state index contributed by atoms with van der Waals surface area (Å²) in [7, 11) is 0. The van der Waals surface area contributed by atoms with E-state index in [-0.39, 0.29) is 18.2 Å². The van der Waals surface area contributed by atoms with Gasteiger partial charge in [-0.05, 0) is 54.4 Å². The molecule has 0 spiro atoms. The molecular formula is C13H27NO3. The van der Waals surface area contributed by atoms with Gasteiger partial charge in [0.25, 0.3) is 0 Å². The first kappa shape index (κ1) is 16.2. The highest BCUT2D eigenvalue weighted by Gasteiger charge is 2.24. The van der Waals surface area contributed by atoms with E-state index in [1.807, 2.05) is 34.6 Å². The van der Waals surface area contributed by atoms with Crippen LogP contribution >= 0.6 is 0 Å². The highest BCUT2D eigenvalue weighted by molar-refractivity contribution is 5.68. The van der Waals surface area contributed by atoms with Crippen molar-refractivity contribution in [3.05, 3.63) is 0 Å². The lowest BCUT2D eigenvalue weighted by atomic mass is 10.1. The molecule has 0 fully saturated rings. The van der Waals surface area contributed by atoms with Crippen molar-refractivity contribution in [3.63, 3.8) is 0 Å². The molecule has 102 valence electrons. The number of amides is 1. The van der Waals surface area contributed by atoms with Crippen LogP contribution in [0.5, 0.6) is 0 Å². The van der Waals surface area contributed by atoms with E-state index < -0.39 is 5.60 Å². The van der Waals surface area contributed by atoms with E-state index >= 15 is 0 Å². The molecule has 0 aliphatic rings. The average Bonchev–Trinajstić information content (AvgIpc) is 2.12. The lowest BCUT2D eigenvalue weighted by Gasteiger charge is -2.31. The summed E-state index contributed by atoms with van der Waals surface area (Å²) < 4.78 is 5.34. The molecule has 1 N–H and O–H groups in total. The standard InChI is InChI=1S/C13H27NO3/c1-7-14(10(2)8-9-11(3)15)12(16)17-13(4,5)6/h10-11,15H,7-9H2,1-6H3/t10-,11-/m0/s1. The van der Waals surface area contributed by atoms with E-state index in [9.17, 15) is 9.90 Å². The Bertz CT molecular complexity index is 233. The van der Waals surface area contributed by atoms with Gasteiger partial charge < -0.3 is 14.7 Å². The summed E-state index contributed by atoms with van der Waals surface area (Å²) in [5.41, 5.74) is -0.464. The topological polar surface area (TPSA) is 49.8 Å². The van der Waals surface area contributed by atoms with Gasteiger partial charge in [-0.15, -0.1) is 0 Å². The maximum Gasteiger partial charge on any atom is 0.410 e. The van der Waals surface area contributed by atoms with Crippen LogP contribution in [0.25, 0.3) is 0 Å². The molecule has 17 heavy (non-hydrogen) atoms. The fourth-order valence-electron chi connectivity index (χ4n) is 1.58. The molecule has 0 heterocycles. The second-order valence-electron chi connectivity index (χ2n) is 5.54. The molecule has 1 amide bonds. The SMILES string of the molecule is CCN(C(=O)OC(C)(C)C)[C@@H](C)CC[C@H](C)O. The maximum atomic E-state index is 11.9. The number of carbonyl (C=O) groups excluding carboxylic acids is 1. The number of hydrogen-bond donors (Lipinski definition) is 1. The molecular weight excluding hydrogens is 218 g/mol. The highest BCUT2D eigenvalue weighted by atomic mass is 16.6. The Kier molecular flexibility index (Phi) is 6.53. The molecule has 0 aromatic heterocycles. The fourth-order valence-corrected chi connectivity index (χ4v) is 1.58. The number of aliphatic hydroxyl groups excluding tert-OH is 1. The van der Waals surface area contributed by atoms with E-state index in [0.29, 0.717) is 13.0 Å². The number of nitrogens with zero attached hydrogens (tertiary/aromatic N) is 1. The zero-order chi connectivity index (χ0) is 13.6. The third-order valence-corrected chi connectivity index (χ3v) is 2.50. The Hall–Kier alpha value is -0.770. The van der Waals surface area contributed by atoms with Crippen molar-refractivity contribution >= 4 is 6.09 Å². The Morgan fingerprint density at radius 3 is 2.18 bits per heavy atom. The van der Waals surface area contributed by atoms with Gasteiger partial charge >= 0.3 is 6.09 Å². The predicted octanol–water partition coefficient (Wildman–Crippen LogP) is 2.79. The maximum absolute atomic E-state index is 11.9. The largest absolute Gasteiger partial charge is 0.444 e. The number of hydrogen-bond acceptors (Lipinski definition) is 3. The summed E-state index contributed by atoms with van der Waals surface area (Å²) >= 11 is 0. The highest BCUT2D eigenvalue weighted by Crippen LogP contribution is 2.14. The Morgan fingerprint density at radius 2 is 1.82 bits per heavy atom. The normalized spacial score (nSPS) is 15.2. The molecule has 0 radical (unpaired) electrons. The van der Waals surface area contributed by atoms with Gasteiger partial charge in [-0.2, -0.15) is 0 Å². The van der Waals surface area contributed by atoms with Crippen molar-refractivity contribution in [2.45, 2.75) is 72.1 Å². The lowest BCUT2D eigenvalue weighted by molar-refractivity contribution is 0.0168. The molecule has 0 aromatic rings. The lowest BCUT2D eigenvalue weighted by Crippen LogP contribution is -2.42. The second-order valence-corrected chi connectivity index (χ2v) is 5.54. The zero-order valence-electron chi connectivity index (χ0n) is 12.0. The summed E-state index contributed by atoms with van der Waals surface area (Å²) in [4.78, 5) is 13.6. The van der Waals surface area contributed by atoms with Crippen molar-refractivity contribution in [2.75, 3.05) is 6.54 Å². The molecule has 0 aromatic carbocycles. The van der Waals surface area contributed by atoms with Gasteiger partial charge in [0.15, 0.2) is 0 Å². The van der Waals surface area contributed by atoms with Crippen LogP contribution in [0, 0.1) is 0 Å². The second kappa shape index (κ2) is 6.84. The van der Waals surface area contributed by atoms with Crippen LogP contribution in [0.3, 0.4) is 0 Å². The van der Waals surface area contributed by atoms with Crippen LogP contribution in [0.2, 0.25) is 0 Å². The third-order valence-electron chi connectivity index (χ3n) is 2.50. The minimum absolute atomic E-state index is 0.0875. The summed E-state index contributed by atoms with van der Waals surface area (Å²) in [5.74, 6) is 0. The van der Waals surface area contributed by atoms with Gasteiger partial charge in [0, 0.05) is 12.6 Å². The summed E-state index contributed by atoms with van der Waals surface area (Å²) in [6.07, 6.45) is 0.874. The van der Waals surface area contributed by atoms with Gasteiger partial charge in [-0.25, -0.2) is 4.79 Å². The predicted molar refractivity (Wildman–Crippen MR) is 69.0 cm³/mol. The van der Waals surface area contributed by atoms with Gasteiger partial charge in [-0.3, -0.25) is 0 Å². The molecule has 0 aliphatic carbocycles. The number of carbonyl (C=O) groups is 1. The quantitative estimate of drug-likeness (QED) is 0.810. The van der Waals surface area contributed by atoms with Crippen molar-refractivity contribution < 1.29 is 14.6 Å². The summed E-state index contributed by atoms with van der Waals surface area (Å²) in [6.45, 7) is 11.9. The van der Waals surface area contributed by atoms with Gasteiger partial charge in [0.1, 0.15) is 5.60 Å². The van der Waals surface area contributed by atoms with Crippen LogP contribution in [0.1, 0.15) is 54.4 Å². The van der Waals surface area contributed by atoms with Crippen LogP contribution < -0.4 is 0 Å². The van der Waals surface area contributed by atoms with E-state index in [2.05, 4.69) is 0 Å². The van der Waals surface area contributed by atoms with Gasteiger partial charge in [0.2, 0.25) is 0 Å². The summed E-state index contributed by atoms with van der Waals surface area (Å²) in [5, 5.41) is 9.25.